The fourth-order valence-corrected chi connectivity index (χ4v) is 2.88. The number of esters is 1. The smallest absolute Gasteiger partial charge is 0.338 e. The minimum atomic E-state index is -1.15. The first-order valence-electron chi connectivity index (χ1n) is 8.38. The van der Waals surface area contributed by atoms with E-state index < -0.39 is 35.6 Å². The van der Waals surface area contributed by atoms with E-state index in [0.29, 0.717) is 6.07 Å². The molecule has 2 rings (SSSR count). The molecule has 2 N–H and O–H groups in total. The van der Waals surface area contributed by atoms with E-state index in [9.17, 15) is 23.2 Å². The normalized spacial score (nSPS) is 17.0. The van der Waals surface area contributed by atoms with Gasteiger partial charge in [0.05, 0.1) is 18.2 Å². The highest BCUT2D eigenvalue weighted by atomic mass is 19.1. The second kappa shape index (κ2) is 8.61. The molecule has 0 spiro atoms. The number of urea groups is 1. The van der Waals surface area contributed by atoms with E-state index in [4.69, 9.17) is 9.84 Å². The lowest BCUT2D eigenvalue weighted by atomic mass is 9.94. The van der Waals surface area contributed by atoms with Crippen LogP contribution in [0.5, 0.6) is 0 Å². The largest absolute Gasteiger partial charge is 0.481 e. The zero-order valence-corrected chi connectivity index (χ0v) is 14.9. The fraction of sp³-hybridized carbons (Fsp3) is 0.389. The maximum Gasteiger partial charge on any atom is 0.338 e. The molecule has 0 bridgehead atoms. The highest BCUT2D eigenvalue weighted by molar-refractivity contribution is 5.95. The number of nitrogens with zero attached hydrogens (tertiary/aromatic N) is 1. The molecule has 7 nitrogen and oxygen atoms in total. The molecular formula is C18H20F2N2O5. The maximum absolute atomic E-state index is 14.3. The molecule has 0 aromatic heterocycles. The molecule has 2 amide bonds. The van der Waals surface area contributed by atoms with E-state index in [1.807, 2.05) is 0 Å². The van der Waals surface area contributed by atoms with Crippen LogP contribution in [0.1, 0.15) is 38.3 Å². The first-order valence-corrected chi connectivity index (χ1v) is 8.38. The van der Waals surface area contributed by atoms with Gasteiger partial charge in [0, 0.05) is 30.3 Å². The molecule has 0 saturated heterocycles. The molecule has 0 saturated carbocycles. The summed E-state index contributed by atoms with van der Waals surface area (Å²) in [4.78, 5) is 36.8. The van der Waals surface area contributed by atoms with E-state index in [2.05, 4.69) is 5.32 Å². The van der Waals surface area contributed by atoms with Gasteiger partial charge in [-0.2, -0.15) is 0 Å². The molecule has 27 heavy (non-hydrogen) atoms. The van der Waals surface area contributed by atoms with Gasteiger partial charge in [-0.15, -0.1) is 0 Å². The Hall–Kier alpha value is -2.97. The molecule has 0 aliphatic carbocycles. The molecule has 1 heterocycles. The molecule has 1 aromatic rings. The summed E-state index contributed by atoms with van der Waals surface area (Å²) < 4.78 is 32.5. The van der Waals surface area contributed by atoms with Gasteiger partial charge >= 0.3 is 18.0 Å². The molecule has 1 aliphatic heterocycles. The molecule has 1 aromatic carbocycles. The lowest BCUT2D eigenvalue weighted by molar-refractivity contribution is -0.139. The van der Waals surface area contributed by atoms with Gasteiger partial charge in [0.25, 0.3) is 0 Å². The minimum Gasteiger partial charge on any atom is -0.481 e. The van der Waals surface area contributed by atoms with E-state index in [-0.39, 0.29) is 42.8 Å². The molecular weight excluding hydrogens is 362 g/mol. The quantitative estimate of drug-likeness (QED) is 0.707. The predicted molar refractivity (Wildman–Crippen MR) is 90.5 cm³/mol. The molecule has 0 unspecified atom stereocenters. The Morgan fingerprint density at radius 1 is 1.33 bits per heavy atom. The van der Waals surface area contributed by atoms with Gasteiger partial charge in [0.2, 0.25) is 0 Å². The number of halogens is 2. The lowest BCUT2D eigenvalue weighted by Crippen LogP contribution is -2.48. The number of carbonyl (C=O) groups excluding carboxylic acids is 2. The number of aliphatic carboxylic acids is 1. The van der Waals surface area contributed by atoms with Crippen molar-refractivity contribution in [3.63, 3.8) is 0 Å². The number of carbonyl (C=O) groups is 3. The Morgan fingerprint density at radius 3 is 2.63 bits per heavy atom. The fourth-order valence-electron chi connectivity index (χ4n) is 2.88. The van der Waals surface area contributed by atoms with Gasteiger partial charge in [0.1, 0.15) is 11.6 Å². The van der Waals surface area contributed by atoms with Gasteiger partial charge in [-0.3, -0.25) is 9.69 Å². The number of allylic oxidation sites excluding steroid dienone is 1. The SMILES string of the molecule is CCOC(=O)C1=C(C)N(CCCC(=O)O)C(=O)N[C@@H]1c1ccc(F)cc1F. The number of carboxylic acid groups (broad SMARTS) is 1. The van der Waals surface area contributed by atoms with Crippen molar-refractivity contribution in [2.75, 3.05) is 13.2 Å². The molecule has 146 valence electrons. The van der Waals surface area contributed by atoms with Crippen LogP contribution in [-0.4, -0.2) is 41.1 Å². The molecule has 1 aliphatic rings. The Labute approximate surface area is 154 Å². The number of ether oxygens (including phenoxy) is 1. The molecule has 9 heteroatoms. The third-order valence-corrected chi connectivity index (χ3v) is 4.14. The van der Waals surface area contributed by atoms with Crippen molar-refractivity contribution in [3.05, 3.63) is 46.7 Å². The Morgan fingerprint density at radius 2 is 2.04 bits per heavy atom. The summed E-state index contributed by atoms with van der Waals surface area (Å²) in [6.45, 7) is 3.24. The second-order valence-electron chi connectivity index (χ2n) is 5.92. The van der Waals surface area contributed by atoms with Crippen LogP contribution >= 0.6 is 0 Å². The van der Waals surface area contributed by atoms with Crippen molar-refractivity contribution in [3.8, 4) is 0 Å². The van der Waals surface area contributed by atoms with Crippen molar-refractivity contribution in [1.29, 1.82) is 0 Å². The van der Waals surface area contributed by atoms with E-state index in [0.717, 1.165) is 12.1 Å². The van der Waals surface area contributed by atoms with Crippen LogP contribution in [0.25, 0.3) is 0 Å². The number of benzene rings is 1. The number of hydrogen-bond acceptors (Lipinski definition) is 4. The van der Waals surface area contributed by atoms with Crippen LogP contribution in [0.2, 0.25) is 0 Å². The Balaban J connectivity index is 2.44. The van der Waals surface area contributed by atoms with Gasteiger partial charge in [-0.1, -0.05) is 6.07 Å². The van der Waals surface area contributed by atoms with E-state index >= 15 is 0 Å². The average Bonchev–Trinajstić information content (AvgIpc) is 2.57. The molecule has 0 radical (unpaired) electrons. The highest BCUT2D eigenvalue weighted by Crippen LogP contribution is 2.33. The van der Waals surface area contributed by atoms with Crippen LogP contribution in [0.15, 0.2) is 29.5 Å². The molecule has 1 atom stereocenters. The topological polar surface area (TPSA) is 95.9 Å². The zero-order chi connectivity index (χ0) is 20.1. The maximum atomic E-state index is 14.3. The van der Waals surface area contributed by atoms with Gasteiger partial charge < -0.3 is 15.2 Å². The summed E-state index contributed by atoms with van der Waals surface area (Å²) >= 11 is 0. The van der Waals surface area contributed by atoms with Crippen molar-refractivity contribution in [2.45, 2.75) is 32.7 Å². The number of nitrogens with one attached hydrogen (secondary N) is 1. The van der Waals surface area contributed by atoms with E-state index in [1.54, 1.807) is 6.92 Å². The predicted octanol–water partition coefficient (Wildman–Crippen LogP) is 2.73. The number of carboxylic acids is 1. The van der Waals surface area contributed by atoms with Gasteiger partial charge in [-0.25, -0.2) is 18.4 Å². The summed E-state index contributed by atoms with van der Waals surface area (Å²) in [6, 6.07) is 1.09. The van der Waals surface area contributed by atoms with E-state index in [1.165, 1.54) is 11.8 Å². The summed E-state index contributed by atoms with van der Waals surface area (Å²) in [7, 11) is 0. The minimum absolute atomic E-state index is 0.0114. The Kier molecular flexibility index (Phi) is 6.49. The second-order valence-corrected chi connectivity index (χ2v) is 5.92. The summed E-state index contributed by atoms with van der Waals surface area (Å²) in [5.74, 6) is -3.45. The third kappa shape index (κ3) is 4.60. The average molecular weight is 382 g/mol. The number of amides is 2. The van der Waals surface area contributed by atoms with Crippen molar-refractivity contribution in [2.24, 2.45) is 0 Å². The van der Waals surface area contributed by atoms with Crippen molar-refractivity contribution in [1.82, 2.24) is 10.2 Å². The first kappa shape index (κ1) is 20.3. The summed E-state index contributed by atoms with van der Waals surface area (Å²) in [6.07, 6.45) is 0.0214. The monoisotopic (exact) mass is 382 g/mol. The zero-order valence-electron chi connectivity index (χ0n) is 14.9. The van der Waals surface area contributed by atoms with Crippen LogP contribution in [0, 0.1) is 11.6 Å². The number of rotatable bonds is 7. The van der Waals surface area contributed by atoms with Crippen LogP contribution in [0.3, 0.4) is 0 Å². The third-order valence-electron chi connectivity index (χ3n) is 4.14. The summed E-state index contributed by atoms with van der Waals surface area (Å²) in [5, 5.41) is 11.3. The van der Waals surface area contributed by atoms with Gasteiger partial charge in [0.15, 0.2) is 0 Å². The van der Waals surface area contributed by atoms with Crippen molar-refractivity contribution < 1.29 is 33.0 Å². The molecule has 0 fully saturated rings. The number of hydrogen-bond donors (Lipinski definition) is 2. The summed E-state index contributed by atoms with van der Waals surface area (Å²) in [5.41, 5.74) is 0.172. The van der Waals surface area contributed by atoms with Gasteiger partial charge in [-0.05, 0) is 26.3 Å². The van der Waals surface area contributed by atoms with Crippen LogP contribution in [0.4, 0.5) is 13.6 Å². The van der Waals surface area contributed by atoms with Crippen molar-refractivity contribution >= 4 is 18.0 Å². The lowest BCUT2D eigenvalue weighted by Gasteiger charge is -2.35. The highest BCUT2D eigenvalue weighted by Gasteiger charge is 2.37. The standard InChI is InChI=1S/C18H20F2N2O5/c1-3-27-17(25)15-10(2)22(8-4-5-14(23)24)18(26)21-16(15)12-7-6-11(19)9-13(12)20/h6-7,9,16H,3-5,8H2,1-2H3,(H,21,26)(H,23,24)/t16-/m1/s1. The van der Waals surface area contributed by atoms with Crippen LogP contribution in [-0.2, 0) is 14.3 Å². The Bertz CT molecular complexity index is 794. The van der Waals surface area contributed by atoms with Crippen LogP contribution < -0.4 is 5.32 Å². The first-order chi connectivity index (χ1) is 12.8.